The highest BCUT2D eigenvalue weighted by molar-refractivity contribution is 6.42. The molecular formula is C78H124Cl2O6. The molecule has 0 fully saturated rings. The van der Waals surface area contributed by atoms with Crippen molar-refractivity contribution >= 4 is 57.9 Å². The number of ketones is 6. The first kappa shape index (κ1) is 80.3. The first-order chi connectivity index (χ1) is 41.8. The van der Waals surface area contributed by atoms with E-state index >= 15 is 0 Å². The van der Waals surface area contributed by atoms with Gasteiger partial charge < -0.3 is 0 Å². The number of carbonyl (C=O) groups is 6. The van der Waals surface area contributed by atoms with Gasteiger partial charge in [-0.2, -0.15) is 0 Å². The van der Waals surface area contributed by atoms with E-state index in [4.69, 9.17) is 23.2 Å². The second kappa shape index (κ2) is 56.5. The van der Waals surface area contributed by atoms with Crippen molar-refractivity contribution in [3.05, 3.63) is 105 Å². The maximum Gasteiger partial charge on any atom is 0.173 e. The minimum absolute atomic E-state index is 0.00380. The molecule has 0 aliphatic heterocycles. The number of hydrogen-bond acceptors (Lipinski definition) is 6. The molecule has 0 bridgehead atoms. The van der Waals surface area contributed by atoms with Crippen LogP contribution in [0, 0.1) is 18.8 Å². The van der Waals surface area contributed by atoms with Crippen LogP contribution in [0.2, 0.25) is 10.0 Å². The highest BCUT2D eigenvalue weighted by atomic mass is 35.5. The van der Waals surface area contributed by atoms with E-state index in [9.17, 15) is 28.8 Å². The van der Waals surface area contributed by atoms with Gasteiger partial charge in [0.1, 0.15) is 17.3 Å². The maximum atomic E-state index is 12.7. The van der Waals surface area contributed by atoms with Gasteiger partial charge in [0, 0.05) is 23.1 Å². The Morgan fingerprint density at radius 2 is 0.651 bits per heavy atom. The highest BCUT2D eigenvalue weighted by Crippen LogP contribution is 2.27. The Morgan fingerprint density at radius 3 is 0.977 bits per heavy atom. The summed E-state index contributed by atoms with van der Waals surface area (Å²) in [5.41, 5.74) is 2.85. The molecule has 6 nitrogen and oxygen atoms in total. The second-order valence-corrected chi connectivity index (χ2v) is 26.0. The van der Waals surface area contributed by atoms with Gasteiger partial charge in [0.05, 0.1) is 28.3 Å². The Morgan fingerprint density at radius 1 is 0.337 bits per heavy atom. The van der Waals surface area contributed by atoms with E-state index in [1.807, 2.05) is 49.4 Å². The largest absolute Gasteiger partial charge is 0.299 e. The second-order valence-electron chi connectivity index (χ2n) is 25.2. The molecule has 2 unspecified atom stereocenters. The van der Waals surface area contributed by atoms with E-state index in [1.54, 1.807) is 37.3 Å². The zero-order chi connectivity index (χ0) is 63.1. The Kier molecular flexibility index (Phi) is 52.7. The van der Waals surface area contributed by atoms with Crippen molar-refractivity contribution < 1.29 is 28.8 Å². The van der Waals surface area contributed by atoms with Crippen LogP contribution in [-0.4, -0.2) is 34.7 Å². The Balaban J connectivity index is 0.000000646. The summed E-state index contributed by atoms with van der Waals surface area (Å²) in [5, 5.41) is 0.765. The first-order valence-corrected chi connectivity index (χ1v) is 36.2. The molecule has 2 atom stereocenters. The summed E-state index contributed by atoms with van der Waals surface area (Å²) >= 11 is 11.9. The fraction of sp³-hybridized carbons (Fsp3) is 0.692. The highest BCUT2D eigenvalue weighted by Gasteiger charge is 2.25. The van der Waals surface area contributed by atoms with Gasteiger partial charge >= 0.3 is 0 Å². The topological polar surface area (TPSA) is 102 Å². The van der Waals surface area contributed by atoms with Crippen molar-refractivity contribution in [2.75, 3.05) is 0 Å². The molecule has 0 aromatic heterocycles. The van der Waals surface area contributed by atoms with Gasteiger partial charge in [0.2, 0.25) is 0 Å². The molecular weight excluding hydrogens is 1100 g/mol. The summed E-state index contributed by atoms with van der Waals surface area (Å²) in [4.78, 5) is 73.3. The standard InChI is InChI=1S/C27H44O2.C26H40Cl2O2.C25H40O2/c1-4-5-6-7-8-9-10-11-12-13-14-15-16-17-21-26(24(3)28)27(29)25-20-18-19-23(2)22-25;1-3-4-5-6-7-8-9-10-11-12-13-14-15-16-17-23(21(2)29)26(30)22-18-19-24(27)25(28)20-22;1-2-3-4-5-6-7-8-9-10-11-12-13-14-18-21-24(26)22-25(27)23-19-16-15-17-20-23/h18-20,22,26H,4-17,21H2,1-3H3;18-20,23H,3-17H2,1-2H3;15-17,19-20H,2-14,18,21-22H2,1H3. The van der Waals surface area contributed by atoms with Crippen LogP contribution < -0.4 is 0 Å². The molecule has 0 heterocycles. The van der Waals surface area contributed by atoms with Gasteiger partial charge in [-0.3, -0.25) is 28.8 Å². The van der Waals surface area contributed by atoms with Crippen molar-refractivity contribution in [2.24, 2.45) is 11.8 Å². The molecule has 0 radical (unpaired) electrons. The summed E-state index contributed by atoms with van der Waals surface area (Å²) in [6.45, 7) is 11.8. The summed E-state index contributed by atoms with van der Waals surface area (Å²) in [6.07, 6.45) is 56.9. The summed E-state index contributed by atoms with van der Waals surface area (Å²) in [5.74, 6) is -1.21. The SMILES string of the molecule is CCCCCCCCCCCCCCCCC(=O)CC(=O)c1ccccc1.CCCCCCCCCCCCCCCCC(C(C)=O)C(=O)c1ccc(Cl)c(Cl)c1.CCCCCCCCCCCCCCCCC(C(C)=O)C(=O)c1cccc(C)c1. The van der Waals surface area contributed by atoms with Gasteiger partial charge in [0.15, 0.2) is 17.3 Å². The normalized spacial score (nSPS) is 11.7. The summed E-state index contributed by atoms with van der Waals surface area (Å²) < 4.78 is 0. The molecule has 3 rings (SSSR count). The van der Waals surface area contributed by atoms with Gasteiger partial charge in [-0.15, -0.1) is 0 Å². The van der Waals surface area contributed by atoms with E-state index in [0.29, 0.717) is 46.0 Å². The third kappa shape index (κ3) is 43.8. The predicted molar refractivity (Wildman–Crippen MR) is 370 cm³/mol. The molecule has 0 saturated heterocycles. The molecule has 0 spiro atoms. The lowest BCUT2D eigenvalue weighted by molar-refractivity contribution is -0.120. The molecule has 0 aliphatic rings. The number of benzene rings is 3. The monoisotopic (exact) mass is 1230 g/mol. The quantitative estimate of drug-likeness (QED) is 0.0317. The molecule has 0 saturated carbocycles. The number of rotatable bonds is 54. The van der Waals surface area contributed by atoms with Gasteiger partial charge in [0.25, 0.3) is 0 Å². The van der Waals surface area contributed by atoms with Gasteiger partial charge in [-0.1, -0.05) is 361 Å². The van der Waals surface area contributed by atoms with Crippen molar-refractivity contribution in [1.82, 2.24) is 0 Å². The van der Waals surface area contributed by atoms with Crippen LogP contribution in [0.5, 0.6) is 0 Å². The zero-order valence-corrected chi connectivity index (χ0v) is 57.3. The van der Waals surface area contributed by atoms with E-state index in [1.165, 1.54) is 238 Å². The minimum Gasteiger partial charge on any atom is -0.299 e. The van der Waals surface area contributed by atoms with Crippen LogP contribution in [0.1, 0.15) is 367 Å². The van der Waals surface area contributed by atoms with Crippen LogP contribution in [0.4, 0.5) is 0 Å². The summed E-state index contributed by atoms with van der Waals surface area (Å²) in [7, 11) is 0. The lowest BCUT2D eigenvalue weighted by Crippen LogP contribution is -2.22. The van der Waals surface area contributed by atoms with E-state index in [0.717, 1.165) is 44.1 Å². The van der Waals surface area contributed by atoms with E-state index < -0.39 is 11.8 Å². The fourth-order valence-corrected chi connectivity index (χ4v) is 11.8. The molecule has 0 amide bonds. The number of aryl methyl sites for hydroxylation is 1. The van der Waals surface area contributed by atoms with Crippen molar-refractivity contribution in [2.45, 2.75) is 337 Å². The maximum absolute atomic E-state index is 12.7. The summed E-state index contributed by atoms with van der Waals surface area (Å²) in [6, 6.07) is 21.5. The molecule has 3 aromatic rings. The zero-order valence-electron chi connectivity index (χ0n) is 55.8. The average Bonchev–Trinajstić information content (AvgIpc) is 3.45. The number of carbonyl (C=O) groups excluding carboxylic acids is 6. The van der Waals surface area contributed by atoms with Gasteiger partial charge in [-0.05, 0) is 64.3 Å². The molecule has 86 heavy (non-hydrogen) atoms. The predicted octanol–water partition coefficient (Wildman–Crippen LogP) is 25.2. The van der Waals surface area contributed by atoms with Gasteiger partial charge in [-0.25, -0.2) is 0 Å². The lowest BCUT2D eigenvalue weighted by Gasteiger charge is -2.13. The van der Waals surface area contributed by atoms with Crippen LogP contribution in [-0.2, 0) is 14.4 Å². The van der Waals surface area contributed by atoms with Crippen LogP contribution >= 0.6 is 23.2 Å². The molecule has 0 aliphatic carbocycles. The van der Waals surface area contributed by atoms with E-state index in [2.05, 4.69) is 20.8 Å². The van der Waals surface area contributed by atoms with Crippen molar-refractivity contribution in [3.8, 4) is 0 Å². The number of hydrogen-bond donors (Lipinski definition) is 0. The van der Waals surface area contributed by atoms with Crippen molar-refractivity contribution in [3.63, 3.8) is 0 Å². The van der Waals surface area contributed by atoms with Crippen molar-refractivity contribution in [1.29, 1.82) is 0 Å². The Labute approximate surface area is 537 Å². The third-order valence-electron chi connectivity index (χ3n) is 17.1. The third-order valence-corrected chi connectivity index (χ3v) is 17.8. The van der Waals surface area contributed by atoms with Crippen LogP contribution in [0.25, 0.3) is 0 Å². The van der Waals surface area contributed by atoms with E-state index in [-0.39, 0.29) is 41.1 Å². The minimum atomic E-state index is -0.570. The average molecular weight is 1230 g/mol. The first-order valence-electron chi connectivity index (χ1n) is 35.5. The smallest absolute Gasteiger partial charge is 0.173 e. The molecule has 3 aromatic carbocycles. The molecule has 0 N–H and O–H groups in total. The number of unbranched alkanes of at least 4 members (excludes halogenated alkanes) is 39. The number of halogens is 2. The Hall–Kier alpha value is -3.74. The lowest BCUT2D eigenvalue weighted by atomic mass is 9.89. The fourth-order valence-electron chi connectivity index (χ4n) is 11.5. The van der Waals surface area contributed by atoms with Crippen LogP contribution in [0.3, 0.4) is 0 Å². The Bertz CT molecular complexity index is 2180. The molecule has 486 valence electrons. The molecule has 8 heteroatoms. The van der Waals surface area contributed by atoms with Crippen LogP contribution in [0.15, 0.2) is 72.8 Å². The number of Topliss-reactive ketones (excluding diaryl/α,β-unsaturated/α-hetero) is 6.